The molecule has 1 aliphatic rings. The summed E-state index contributed by atoms with van der Waals surface area (Å²) < 4.78 is 96.9. The van der Waals surface area contributed by atoms with Gasteiger partial charge in [0.2, 0.25) is 11.6 Å². The van der Waals surface area contributed by atoms with Gasteiger partial charge in [-0.1, -0.05) is 37.6 Å². The number of ether oxygens (including phenoxy) is 2. The van der Waals surface area contributed by atoms with Crippen LogP contribution in [-0.4, -0.2) is 12.6 Å². The highest BCUT2D eigenvalue weighted by atomic mass is 19.2. The van der Waals surface area contributed by atoms with Gasteiger partial charge in [-0.05, 0) is 73.4 Å². The molecule has 9 heteroatoms. The standard InChI is InChI=1S/C30H26F6O3/c1-3-4-15-38-22-13-14-23(29(36)28(22)35)39-30(37)21-12-11-20(26(33)27(21)34)18-8-6-17(7-9-18)19-10-5-16(2)24(31)25(19)32/h5,8,10-14,17H,3-4,6-7,9,15H2,1-2H3. The fourth-order valence-electron chi connectivity index (χ4n) is 4.48. The summed E-state index contributed by atoms with van der Waals surface area (Å²) in [6, 6.07) is 7.25. The van der Waals surface area contributed by atoms with Crippen molar-refractivity contribution in [2.75, 3.05) is 6.61 Å². The molecule has 0 bridgehead atoms. The van der Waals surface area contributed by atoms with E-state index in [1.54, 1.807) is 6.08 Å². The first-order valence-corrected chi connectivity index (χ1v) is 12.6. The molecule has 0 spiro atoms. The molecule has 0 radical (unpaired) electrons. The molecule has 3 aromatic rings. The first-order chi connectivity index (χ1) is 18.6. The van der Waals surface area contributed by atoms with Crippen molar-refractivity contribution < 1.29 is 40.6 Å². The maximum absolute atomic E-state index is 15.0. The Morgan fingerprint density at radius 2 is 1.56 bits per heavy atom. The molecule has 206 valence electrons. The minimum absolute atomic E-state index is 0.0936. The maximum Gasteiger partial charge on any atom is 0.346 e. The molecule has 1 unspecified atom stereocenters. The lowest BCUT2D eigenvalue weighted by Gasteiger charge is -2.23. The van der Waals surface area contributed by atoms with Crippen molar-refractivity contribution in [1.29, 1.82) is 0 Å². The highest BCUT2D eigenvalue weighted by Crippen LogP contribution is 2.39. The fourth-order valence-corrected chi connectivity index (χ4v) is 4.48. The van der Waals surface area contributed by atoms with Gasteiger partial charge >= 0.3 is 5.97 Å². The molecule has 1 atom stereocenters. The third-order valence-corrected chi connectivity index (χ3v) is 6.77. The van der Waals surface area contributed by atoms with Gasteiger partial charge in [0.1, 0.15) is 0 Å². The lowest BCUT2D eigenvalue weighted by molar-refractivity contribution is 0.0720. The lowest BCUT2D eigenvalue weighted by atomic mass is 9.82. The number of aryl methyl sites for hydroxylation is 1. The Morgan fingerprint density at radius 3 is 2.26 bits per heavy atom. The van der Waals surface area contributed by atoms with Gasteiger partial charge in [-0.15, -0.1) is 0 Å². The third kappa shape index (κ3) is 5.82. The smallest absolute Gasteiger partial charge is 0.346 e. The van der Waals surface area contributed by atoms with E-state index in [4.69, 9.17) is 9.47 Å². The van der Waals surface area contributed by atoms with Crippen LogP contribution in [0.3, 0.4) is 0 Å². The molecule has 0 N–H and O–H groups in total. The van der Waals surface area contributed by atoms with Crippen molar-refractivity contribution in [1.82, 2.24) is 0 Å². The molecule has 0 heterocycles. The van der Waals surface area contributed by atoms with E-state index in [9.17, 15) is 31.1 Å². The van der Waals surface area contributed by atoms with Crippen LogP contribution in [0.15, 0.2) is 42.5 Å². The molecule has 3 nitrogen and oxygen atoms in total. The van der Waals surface area contributed by atoms with Gasteiger partial charge in [-0.2, -0.15) is 8.78 Å². The van der Waals surface area contributed by atoms with Crippen molar-refractivity contribution >= 4 is 11.5 Å². The number of carbonyl (C=O) groups is 1. The van der Waals surface area contributed by atoms with Crippen molar-refractivity contribution in [3.63, 3.8) is 0 Å². The second kappa shape index (κ2) is 12.0. The molecule has 3 aromatic carbocycles. The zero-order valence-corrected chi connectivity index (χ0v) is 21.4. The molecule has 1 aliphatic carbocycles. The van der Waals surface area contributed by atoms with Crippen molar-refractivity contribution in [2.24, 2.45) is 0 Å². The number of allylic oxidation sites excluding steroid dienone is 2. The highest BCUT2D eigenvalue weighted by Gasteiger charge is 2.27. The maximum atomic E-state index is 15.0. The molecule has 0 saturated heterocycles. The number of halogens is 6. The monoisotopic (exact) mass is 548 g/mol. The van der Waals surface area contributed by atoms with E-state index >= 15 is 0 Å². The van der Waals surface area contributed by atoms with Crippen LogP contribution in [-0.2, 0) is 0 Å². The molecular formula is C30H26F6O3. The van der Waals surface area contributed by atoms with Crippen molar-refractivity contribution in [3.8, 4) is 11.5 Å². The molecule has 4 rings (SSSR count). The summed E-state index contributed by atoms with van der Waals surface area (Å²) in [4.78, 5) is 12.5. The number of carbonyl (C=O) groups excluding carboxylic acids is 1. The molecule has 0 aromatic heterocycles. The average Bonchev–Trinajstić information content (AvgIpc) is 2.93. The summed E-state index contributed by atoms with van der Waals surface area (Å²) in [5, 5.41) is 0. The predicted molar refractivity (Wildman–Crippen MR) is 134 cm³/mol. The van der Waals surface area contributed by atoms with E-state index in [2.05, 4.69) is 0 Å². The van der Waals surface area contributed by atoms with Crippen LogP contribution in [0.1, 0.15) is 72.0 Å². The van der Waals surface area contributed by atoms with Crippen molar-refractivity contribution in [2.45, 2.75) is 51.9 Å². The Kier molecular flexibility index (Phi) is 8.67. The van der Waals surface area contributed by atoms with Crippen LogP contribution in [0.25, 0.3) is 5.57 Å². The van der Waals surface area contributed by atoms with Crippen LogP contribution in [0.5, 0.6) is 11.5 Å². The van der Waals surface area contributed by atoms with Crippen LogP contribution >= 0.6 is 0 Å². The molecular weight excluding hydrogens is 522 g/mol. The van der Waals surface area contributed by atoms with E-state index in [1.165, 1.54) is 25.1 Å². The number of hydrogen-bond acceptors (Lipinski definition) is 3. The minimum atomic E-state index is -1.51. The number of hydrogen-bond donors (Lipinski definition) is 0. The van der Waals surface area contributed by atoms with Crippen molar-refractivity contribution in [3.05, 3.63) is 99.6 Å². The third-order valence-electron chi connectivity index (χ3n) is 6.77. The predicted octanol–water partition coefficient (Wildman–Crippen LogP) is 8.58. The zero-order chi connectivity index (χ0) is 28.3. The number of unbranched alkanes of at least 4 members (excludes halogenated alkanes) is 1. The fraction of sp³-hybridized carbons (Fsp3) is 0.300. The largest absolute Gasteiger partial charge is 0.490 e. The second-order valence-corrected chi connectivity index (χ2v) is 9.37. The Morgan fingerprint density at radius 1 is 0.846 bits per heavy atom. The van der Waals surface area contributed by atoms with Crippen LogP contribution < -0.4 is 9.47 Å². The van der Waals surface area contributed by atoms with Crippen LogP contribution in [0, 0.1) is 41.8 Å². The SMILES string of the molecule is CCCCOc1ccc(OC(=O)c2ccc(C3=CCC(c4ccc(C)c(F)c4F)CC3)c(F)c2F)c(F)c1F. The molecule has 0 aliphatic heterocycles. The van der Waals surface area contributed by atoms with Gasteiger partial charge in [0.15, 0.2) is 34.8 Å². The lowest BCUT2D eigenvalue weighted by Crippen LogP contribution is -2.14. The van der Waals surface area contributed by atoms with E-state index in [0.717, 1.165) is 24.6 Å². The molecule has 39 heavy (non-hydrogen) atoms. The van der Waals surface area contributed by atoms with Gasteiger partial charge in [-0.25, -0.2) is 22.4 Å². The summed E-state index contributed by atoms with van der Waals surface area (Å²) in [6.07, 6.45) is 3.96. The topological polar surface area (TPSA) is 35.5 Å². The Labute approximate surface area is 222 Å². The molecule has 0 fully saturated rings. The van der Waals surface area contributed by atoms with Gasteiger partial charge in [0.25, 0.3) is 0 Å². The number of benzene rings is 3. The van der Waals surface area contributed by atoms with E-state index < -0.39 is 52.2 Å². The Bertz CT molecular complexity index is 1430. The van der Waals surface area contributed by atoms with E-state index in [-0.39, 0.29) is 47.8 Å². The quantitative estimate of drug-likeness (QED) is 0.122. The Hall–Kier alpha value is -3.75. The first-order valence-electron chi connectivity index (χ1n) is 12.6. The van der Waals surface area contributed by atoms with Crippen LogP contribution in [0.4, 0.5) is 26.3 Å². The van der Waals surface area contributed by atoms with Gasteiger partial charge < -0.3 is 9.47 Å². The molecule has 0 amide bonds. The van der Waals surface area contributed by atoms with Crippen LogP contribution in [0.2, 0.25) is 0 Å². The summed E-state index contributed by atoms with van der Waals surface area (Å²) >= 11 is 0. The summed E-state index contributed by atoms with van der Waals surface area (Å²) in [7, 11) is 0. The minimum Gasteiger partial charge on any atom is -0.490 e. The van der Waals surface area contributed by atoms with E-state index in [0.29, 0.717) is 18.4 Å². The summed E-state index contributed by atoms with van der Waals surface area (Å²) in [6.45, 7) is 3.53. The van der Waals surface area contributed by atoms with Gasteiger partial charge in [0.05, 0.1) is 12.2 Å². The second-order valence-electron chi connectivity index (χ2n) is 9.37. The van der Waals surface area contributed by atoms with Gasteiger partial charge in [-0.3, -0.25) is 0 Å². The normalized spacial score (nSPS) is 15.2. The van der Waals surface area contributed by atoms with E-state index in [1.807, 2.05) is 6.92 Å². The number of rotatable bonds is 8. The Balaban J connectivity index is 1.50. The first kappa shape index (κ1) is 28.3. The summed E-state index contributed by atoms with van der Waals surface area (Å²) in [5.74, 6) is -10.4. The average molecular weight is 549 g/mol. The summed E-state index contributed by atoms with van der Waals surface area (Å²) in [5.41, 5.74) is -0.0276. The number of esters is 1. The zero-order valence-electron chi connectivity index (χ0n) is 21.4. The molecule has 0 saturated carbocycles. The van der Waals surface area contributed by atoms with Gasteiger partial charge in [0, 0.05) is 5.56 Å². The highest BCUT2D eigenvalue weighted by molar-refractivity contribution is 5.92.